The van der Waals surface area contributed by atoms with Gasteiger partial charge in [0.15, 0.2) is 5.82 Å². The Kier molecular flexibility index (Phi) is 3.24. The van der Waals surface area contributed by atoms with Crippen LogP contribution in [0.2, 0.25) is 0 Å². The van der Waals surface area contributed by atoms with Crippen LogP contribution < -0.4 is 5.73 Å². The van der Waals surface area contributed by atoms with Crippen molar-refractivity contribution >= 4 is 5.69 Å². The molecular formula is C16H22N4. The highest BCUT2D eigenvalue weighted by Gasteiger charge is 2.29. The summed E-state index contributed by atoms with van der Waals surface area (Å²) in [6.45, 7) is 4.31. The summed E-state index contributed by atoms with van der Waals surface area (Å²) in [5.41, 5.74) is 7.52. The van der Waals surface area contributed by atoms with Crippen LogP contribution in [-0.4, -0.2) is 15.2 Å². The fourth-order valence-corrected chi connectivity index (χ4v) is 2.96. The van der Waals surface area contributed by atoms with Gasteiger partial charge >= 0.3 is 0 Å². The Morgan fingerprint density at radius 3 is 2.45 bits per heavy atom. The Morgan fingerprint density at radius 2 is 1.80 bits per heavy atom. The lowest BCUT2D eigenvalue weighted by atomic mass is 9.84. The van der Waals surface area contributed by atoms with Gasteiger partial charge in [-0.15, -0.1) is 0 Å². The largest absolute Gasteiger partial charge is 0.399 e. The van der Waals surface area contributed by atoms with E-state index in [9.17, 15) is 0 Å². The van der Waals surface area contributed by atoms with Gasteiger partial charge in [-0.3, -0.25) is 5.10 Å². The molecule has 0 amide bonds. The summed E-state index contributed by atoms with van der Waals surface area (Å²) < 4.78 is 0. The Bertz CT molecular complexity index is 577. The van der Waals surface area contributed by atoms with Crippen molar-refractivity contribution in [3.05, 3.63) is 41.5 Å². The first-order valence-electron chi connectivity index (χ1n) is 7.36. The minimum Gasteiger partial charge on any atom is -0.399 e. The monoisotopic (exact) mass is 270 g/mol. The second kappa shape index (κ2) is 4.93. The van der Waals surface area contributed by atoms with Crippen LogP contribution in [0.3, 0.4) is 0 Å². The highest BCUT2D eigenvalue weighted by Crippen LogP contribution is 2.34. The van der Waals surface area contributed by atoms with Crippen molar-refractivity contribution in [2.75, 3.05) is 5.73 Å². The van der Waals surface area contributed by atoms with Gasteiger partial charge in [0.05, 0.1) is 5.41 Å². The van der Waals surface area contributed by atoms with E-state index < -0.39 is 0 Å². The summed E-state index contributed by atoms with van der Waals surface area (Å²) in [7, 11) is 0. The van der Waals surface area contributed by atoms with Crippen LogP contribution in [0.25, 0.3) is 0 Å². The molecule has 0 spiro atoms. The van der Waals surface area contributed by atoms with E-state index in [1.165, 1.54) is 31.2 Å². The van der Waals surface area contributed by atoms with E-state index in [1.807, 2.05) is 12.1 Å². The molecule has 3 N–H and O–H groups in total. The van der Waals surface area contributed by atoms with Gasteiger partial charge in [-0.05, 0) is 44.4 Å². The molecule has 20 heavy (non-hydrogen) atoms. The molecule has 0 bridgehead atoms. The molecule has 1 saturated carbocycles. The number of H-pyrrole nitrogens is 1. The smallest absolute Gasteiger partial charge is 0.160 e. The zero-order valence-electron chi connectivity index (χ0n) is 12.2. The minimum atomic E-state index is -0.207. The van der Waals surface area contributed by atoms with Crippen LogP contribution in [0, 0.1) is 0 Å². The molecule has 1 heterocycles. The molecule has 4 heteroatoms. The molecule has 1 aliphatic rings. The van der Waals surface area contributed by atoms with Crippen LogP contribution in [-0.2, 0) is 5.41 Å². The Labute approximate surface area is 119 Å². The molecule has 1 aromatic carbocycles. The van der Waals surface area contributed by atoms with Crippen LogP contribution in [0.4, 0.5) is 5.69 Å². The summed E-state index contributed by atoms with van der Waals surface area (Å²) in [5, 5.41) is 7.61. The quantitative estimate of drug-likeness (QED) is 0.840. The number of anilines is 1. The Morgan fingerprint density at radius 1 is 1.15 bits per heavy atom. The number of hydrogen-bond acceptors (Lipinski definition) is 3. The Hall–Kier alpha value is -1.84. The summed E-state index contributed by atoms with van der Waals surface area (Å²) in [4.78, 5) is 4.76. The van der Waals surface area contributed by atoms with Crippen molar-refractivity contribution in [2.45, 2.75) is 50.9 Å². The van der Waals surface area contributed by atoms with Crippen molar-refractivity contribution in [1.82, 2.24) is 15.2 Å². The zero-order chi connectivity index (χ0) is 14.2. The fourth-order valence-electron chi connectivity index (χ4n) is 2.96. The lowest BCUT2D eigenvalue weighted by Gasteiger charge is -2.21. The van der Waals surface area contributed by atoms with Gasteiger partial charge in [-0.1, -0.05) is 25.0 Å². The molecule has 0 aliphatic heterocycles. The maximum atomic E-state index is 5.76. The van der Waals surface area contributed by atoms with E-state index in [1.54, 1.807) is 0 Å². The number of hydrogen-bond donors (Lipinski definition) is 2. The number of aromatic nitrogens is 3. The number of nitrogens with one attached hydrogen (secondary N) is 1. The molecule has 1 aromatic heterocycles. The van der Waals surface area contributed by atoms with Crippen molar-refractivity contribution in [3.63, 3.8) is 0 Å². The summed E-state index contributed by atoms with van der Waals surface area (Å²) in [5.74, 6) is 2.49. The first-order valence-corrected chi connectivity index (χ1v) is 7.36. The molecule has 3 rings (SSSR count). The average molecular weight is 270 g/mol. The maximum absolute atomic E-state index is 5.76. The molecule has 106 valence electrons. The number of nitrogens with zero attached hydrogens (tertiary/aromatic N) is 2. The predicted molar refractivity (Wildman–Crippen MR) is 80.6 cm³/mol. The van der Waals surface area contributed by atoms with Gasteiger partial charge in [-0.2, -0.15) is 5.10 Å². The normalized spacial score (nSPS) is 16.7. The van der Waals surface area contributed by atoms with E-state index >= 15 is 0 Å². The number of nitrogens with two attached hydrogens (primary N) is 1. The molecule has 1 fully saturated rings. The minimum absolute atomic E-state index is 0.207. The Balaban J connectivity index is 1.88. The average Bonchev–Trinajstić information content (AvgIpc) is 3.10. The SMILES string of the molecule is CC(C)(c1ccc(N)cc1)c1n[nH]c(C2CCCC2)n1. The first kappa shape index (κ1) is 13.2. The van der Waals surface area contributed by atoms with Gasteiger partial charge < -0.3 is 5.73 Å². The summed E-state index contributed by atoms with van der Waals surface area (Å²) >= 11 is 0. The van der Waals surface area contributed by atoms with Crippen molar-refractivity contribution < 1.29 is 0 Å². The van der Waals surface area contributed by atoms with Crippen molar-refractivity contribution in [1.29, 1.82) is 0 Å². The van der Waals surface area contributed by atoms with E-state index in [4.69, 9.17) is 10.7 Å². The third kappa shape index (κ3) is 2.30. The molecule has 0 saturated heterocycles. The summed E-state index contributed by atoms with van der Waals surface area (Å²) in [6, 6.07) is 7.98. The maximum Gasteiger partial charge on any atom is 0.160 e. The molecule has 0 unspecified atom stereocenters. The number of benzene rings is 1. The van der Waals surface area contributed by atoms with Gasteiger partial charge in [0.1, 0.15) is 5.82 Å². The van der Waals surface area contributed by atoms with Crippen molar-refractivity contribution in [2.24, 2.45) is 0 Å². The number of rotatable bonds is 3. The molecule has 0 radical (unpaired) electrons. The van der Waals surface area contributed by atoms with Gasteiger partial charge in [0.2, 0.25) is 0 Å². The van der Waals surface area contributed by atoms with Gasteiger partial charge in [0, 0.05) is 11.6 Å². The number of nitrogen functional groups attached to an aromatic ring is 1. The standard InChI is InChI=1S/C16H22N4/c1-16(2,12-7-9-13(17)10-8-12)15-18-14(19-20-15)11-5-3-4-6-11/h7-11H,3-6,17H2,1-2H3,(H,18,19,20). The lowest BCUT2D eigenvalue weighted by Crippen LogP contribution is -2.21. The van der Waals surface area contributed by atoms with Crippen LogP contribution in [0.5, 0.6) is 0 Å². The molecule has 2 aromatic rings. The predicted octanol–water partition coefficient (Wildman–Crippen LogP) is 3.37. The molecule has 4 nitrogen and oxygen atoms in total. The summed E-state index contributed by atoms with van der Waals surface area (Å²) in [6.07, 6.45) is 5.08. The van der Waals surface area contributed by atoms with E-state index in [-0.39, 0.29) is 5.41 Å². The molecule has 1 aliphatic carbocycles. The van der Waals surface area contributed by atoms with Gasteiger partial charge in [-0.25, -0.2) is 4.98 Å². The van der Waals surface area contributed by atoms with Crippen molar-refractivity contribution in [3.8, 4) is 0 Å². The first-order chi connectivity index (χ1) is 9.57. The topological polar surface area (TPSA) is 67.6 Å². The van der Waals surface area contributed by atoms with E-state index in [0.717, 1.165) is 17.3 Å². The molecule has 0 atom stereocenters. The van der Waals surface area contributed by atoms with Crippen LogP contribution >= 0.6 is 0 Å². The second-order valence-electron chi connectivity index (χ2n) is 6.27. The van der Waals surface area contributed by atoms with E-state index in [2.05, 4.69) is 36.2 Å². The highest BCUT2D eigenvalue weighted by molar-refractivity contribution is 5.43. The second-order valence-corrected chi connectivity index (χ2v) is 6.27. The van der Waals surface area contributed by atoms with Gasteiger partial charge in [0.25, 0.3) is 0 Å². The lowest BCUT2D eigenvalue weighted by molar-refractivity contribution is 0.591. The highest BCUT2D eigenvalue weighted by atomic mass is 15.2. The molecular weight excluding hydrogens is 248 g/mol. The third-order valence-corrected chi connectivity index (χ3v) is 4.44. The number of aromatic amines is 1. The fraction of sp³-hybridized carbons (Fsp3) is 0.500. The van der Waals surface area contributed by atoms with Crippen LogP contribution in [0.1, 0.15) is 62.7 Å². The van der Waals surface area contributed by atoms with E-state index in [0.29, 0.717) is 5.92 Å². The zero-order valence-corrected chi connectivity index (χ0v) is 12.2. The third-order valence-electron chi connectivity index (χ3n) is 4.44. The van der Waals surface area contributed by atoms with Crippen LogP contribution in [0.15, 0.2) is 24.3 Å².